The lowest BCUT2D eigenvalue weighted by atomic mass is 10.2. The highest BCUT2D eigenvalue weighted by atomic mass is 35.5. The Hall–Kier alpha value is -2.00. The average Bonchev–Trinajstić information content (AvgIpc) is 2.48. The van der Waals surface area contributed by atoms with Gasteiger partial charge in [0, 0.05) is 28.9 Å². The highest BCUT2D eigenvalue weighted by Gasteiger charge is 2.06. The molecule has 0 bridgehead atoms. The van der Waals surface area contributed by atoms with Gasteiger partial charge in [-0.2, -0.15) is 0 Å². The molecule has 0 heterocycles. The van der Waals surface area contributed by atoms with Crippen molar-refractivity contribution in [3.05, 3.63) is 59.1 Å². The molecule has 2 rings (SSSR count). The van der Waals surface area contributed by atoms with E-state index in [1.54, 1.807) is 0 Å². The summed E-state index contributed by atoms with van der Waals surface area (Å²) in [5, 5.41) is 6.93. The number of amides is 1. The van der Waals surface area contributed by atoms with Crippen LogP contribution >= 0.6 is 11.6 Å². The topological polar surface area (TPSA) is 41.1 Å². The van der Waals surface area contributed by atoms with Crippen molar-refractivity contribution < 1.29 is 4.79 Å². The largest absolute Gasteiger partial charge is 0.381 e. The van der Waals surface area contributed by atoms with Crippen LogP contribution in [0.1, 0.15) is 19.4 Å². The first-order valence-electron chi connectivity index (χ1n) is 6.94. The molecular weight excluding hydrogens is 284 g/mol. The standard InChI is InChI=1S/C17H19ClN2O/c1-12(2)17(21)20-16-9-7-15(8-10-16)19-11-13-3-5-14(18)6-4-13/h3-10,12,19H,11H2,1-2H3,(H,20,21). The Morgan fingerprint density at radius 1 is 1.00 bits per heavy atom. The molecule has 1 amide bonds. The Balaban J connectivity index is 1.90. The zero-order valence-corrected chi connectivity index (χ0v) is 12.9. The van der Waals surface area contributed by atoms with Crippen molar-refractivity contribution in [1.29, 1.82) is 0 Å². The van der Waals surface area contributed by atoms with Crippen molar-refractivity contribution in [3.8, 4) is 0 Å². The van der Waals surface area contributed by atoms with Gasteiger partial charge in [0.2, 0.25) is 5.91 Å². The number of benzene rings is 2. The van der Waals surface area contributed by atoms with Gasteiger partial charge in [-0.05, 0) is 42.0 Å². The van der Waals surface area contributed by atoms with Crippen LogP contribution in [-0.2, 0) is 11.3 Å². The van der Waals surface area contributed by atoms with Gasteiger partial charge in [0.1, 0.15) is 0 Å². The van der Waals surface area contributed by atoms with E-state index in [0.29, 0.717) is 0 Å². The number of carbonyl (C=O) groups is 1. The lowest BCUT2D eigenvalue weighted by Crippen LogP contribution is -2.17. The molecule has 0 aliphatic heterocycles. The van der Waals surface area contributed by atoms with Crippen LogP contribution in [0, 0.1) is 5.92 Å². The number of carbonyl (C=O) groups excluding carboxylic acids is 1. The second-order valence-corrected chi connectivity index (χ2v) is 5.64. The van der Waals surface area contributed by atoms with Crippen molar-refractivity contribution in [2.45, 2.75) is 20.4 Å². The number of nitrogens with one attached hydrogen (secondary N) is 2. The highest BCUT2D eigenvalue weighted by Crippen LogP contribution is 2.16. The molecule has 0 saturated heterocycles. The summed E-state index contributed by atoms with van der Waals surface area (Å²) in [6.07, 6.45) is 0. The Morgan fingerprint density at radius 3 is 2.14 bits per heavy atom. The zero-order valence-electron chi connectivity index (χ0n) is 12.2. The summed E-state index contributed by atoms with van der Waals surface area (Å²) >= 11 is 5.86. The summed E-state index contributed by atoms with van der Waals surface area (Å²) in [4.78, 5) is 11.6. The van der Waals surface area contributed by atoms with Crippen molar-refractivity contribution in [3.63, 3.8) is 0 Å². The maximum Gasteiger partial charge on any atom is 0.226 e. The fourth-order valence-electron chi connectivity index (χ4n) is 1.76. The van der Waals surface area contributed by atoms with Crippen LogP contribution in [0.15, 0.2) is 48.5 Å². The van der Waals surface area contributed by atoms with Gasteiger partial charge in [-0.25, -0.2) is 0 Å². The third-order valence-corrected chi connectivity index (χ3v) is 3.34. The molecule has 0 saturated carbocycles. The molecule has 0 unspecified atom stereocenters. The van der Waals surface area contributed by atoms with Gasteiger partial charge in [-0.15, -0.1) is 0 Å². The number of hydrogen-bond acceptors (Lipinski definition) is 2. The van der Waals surface area contributed by atoms with E-state index in [4.69, 9.17) is 11.6 Å². The van der Waals surface area contributed by atoms with E-state index in [1.807, 2.05) is 62.4 Å². The summed E-state index contributed by atoms with van der Waals surface area (Å²) < 4.78 is 0. The van der Waals surface area contributed by atoms with E-state index >= 15 is 0 Å². The summed E-state index contributed by atoms with van der Waals surface area (Å²) in [6.45, 7) is 4.48. The van der Waals surface area contributed by atoms with Crippen LogP contribution in [0.4, 0.5) is 11.4 Å². The average molecular weight is 303 g/mol. The predicted octanol–water partition coefficient (Wildman–Crippen LogP) is 4.55. The Labute approximate surface area is 130 Å². The summed E-state index contributed by atoms with van der Waals surface area (Å²) in [7, 11) is 0. The molecule has 4 heteroatoms. The number of hydrogen-bond donors (Lipinski definition) is 2. The van der Waals surface area contributed by atoms with E-state index < -0.39 is 0 Å². The Kier molecular flexibility index (Phi) is 5.23. The normalized spacial score (nSPS) is 10.5. The van der Waals surface area contributed by atoms with Crippen molar-refractivity contribution in [2.24, 2.45) is 5.92 Å². The quantitative estimate of drug-likeness (QED) is 0.851. The summed E-state index contributed by atoms with van der Waals surface area (Å²) in [5.74, 6) is 0.00424. The van der Waals surface area contributed by atoms with Gasteiger partial charge in [-0.1, -0.05) is 37.6 Å². The second-order valence-electron chi connectivity index (χ2n) is 5.20. The molecule has 0 aliphatic rings. The predicted molar refractivity (Wildman–Crippen MR) is 88.7 cm³/mol. The third kappa shape index (κ3) is 4.80. The number of anilines is 2. The van der Waals surface area contributed by atoms with Crippen LogP contribution in [0.3, 0.4) is 0 Å². The van der Waals surface area contributed by atoms with Gasteiger partial charge in [0.15, 0.2) is 0 Å². The van der Waals surface area contributed by atoms with E-state index in [2.05, 4.69) is 10.6 Å². The van der Waals surface area contributed by atoms with Gasteiger partial charge in [0.05, 0.1) is 0 Å². The van der Waals surface area contributed by atoms with E-state index in [9.17, 15) is 4.79 Å². The first-order chi connectivity index (χ1) is 10.0. The van der Waals surface area contributed by atoms with E-state index in [-0.39, 0.29) is 11.8 Å². The minimum Gasteiger partial charge on any atom is -0.381 e. The minimum atomic E-state index is -0.0206. The molecule has 0 aromatic heterocycles. The van der Waals surface area contributed by atoms with Crippen LogP contribution in [-0.4, -0.2) is 5.91 Å². The molecule has 0 atom stereocenters. The van der Waals surface area contributed by atoms with Gasteiger partial charge >= 0.3 is 0 Å². The highest BCUT2D eigenvalue weighted by molar-refractivity contribution is 6.30. The summed E-state index contributed by atoms with van der Waals surface area (Å²) in [5.41, 5.74) is 2.98. The molecule has 2 N–H and O–H groups in total. The SMILES string of the molecule is CC(C)C(=O)Nc1ccc(NCc2ccc(Cl)cc2)cc1. The smallest absolute Gasteiger partial charge is 0.226 e. The van der Waals surface area contributed by atoms with Crippen LogP contribution < -0.4 is 10.6 Å². The monoisotopic (exact) mass is 302 g/mol. The molecule has 0 radical (unpaired) electrons. The maximum absolute atomic E-state index is 11.6. The minimum absolute atomic E-state index is 0.0206. The molecule has 2 aromatic carbocycles. The fourth-order valence-corrected chi connectivity index (χ4v) is 1.89. The maximum atomic E-state index is 11.6. The van der Waals surface area contributed by atoms with Gasteiger partial charge in [-0.3, -0.25) is 4.79 Å². The molecule has 0 aliphatic carbocycles. The zero-order chi connectivity index (χ0) is 15.2. The van der Waals surface area contributed by atoms with Crippen molar-refractivity contribution >= 4 is 28.9 Å². The lowest BCUT2D eigenvalue weighted by Gasteiger charge is -2.10. The summed E-state index contributed by atoms with van der Waals surface area (Å²) in [6, 6.07) is 15.4. The number of rotatable bonds is 5. The van der Waals surface area contributed by atoms with Crippen LogP contribution in [0.2, 0.25) is 5.02 Å². The van der Waals surface area contributed by atoms with Gasteiger partial charge in [0.25, 0.3) is 0 Å². The van der Waals surface area contributed by atoms with Crippen LogP contribution in [0.25, 0.3) is 0 Å². The van der Waals surface area contributed by atoms with E-state index in [0.717, 1.165) is 28.5 Å². The van der Waals surface area contributed by atoms with E-state index in [1.165, 1.54) is 0 Å². The third-order valence-electron chi connectivity index (χ3n) is 3.09. The molecule has 21 heavy (non-hydrogen) atoms. The molecule has 2 aromatic rings. The number of halogens is 1. The van der Waals surface area contributed by atoms with Crippen molar-refractivity contribution in [1.82, 2.24) is 0 Å². The van der Waals surface area contributed by atoms with Crippen LogP contribution in [0.5, 0.6) is 0 Å². The second kappa shape index (κ2) is 7.14. The molecule has 3 nitrogen and oxygen atoms in total. The molecule has 0 fully saturated rings. The molecular formula is C17H19ClN2O. The first kappa shape index (κ1) is 15.4. The van der Waals surface area contributed by atoms with Gasteiger partial charge < -0.3 is 10.6 Å². The van der Waals surface area contributed by atoms with Crippen molar-refractivity contribution in [2.75, 3.05) is 10.6 Å². The first-order valence-corrected chi connectivity index (χ1v) is 7.31. The lowest BCUT2D eigenvalue weighted by molar-refractivity contribution is -0.118. The molecule has 0 spiro atoms. The Bertz CT molecular complexity index is 591. The molecule has 110 valence electrons. The fraction of sp³-hybridized carbons (Fsp3) is 0.235. The Morgan fingerprint density at radius 2 is 1.57 bits per heavy atom.